The van der Waals surface area contributed by atoms with Crippen LogP contribution in [-0.2, 0) is 16.1 Å². The highest BCUT2D eigenvalue weighted by Gasteiger charge is 2.18. The Balaban J connectivity index is 1.63. The molecule has 0 atom stereocenters. The molecule has 1 aliphatic rings. The monoisotopic (exact) mass is 296 g/mol. The molecule has 110 valence electrons. The number of hydrogen-bond donors (Lipinski definition) is 0. The second kappa shape index (κ2) is 7.62. The number of ether oxygens (including phenoxy) is 1. The quantitative estimate of drug-likeness (QED) is 0.780. The van der Waals surface area contributed by atoms with Crippen LogP contribution in [0, 0.1) is 0 Å². The van der Waals surface area contributed by atoms with E-state index in [-0.39, 0.29) is 5.91 Å². The minimum atomic E-state index is 0.189. The summed E-state index contributed by atoms with van der Waals surface area (Å²) in [4.78, 5) is 16.1. The zero-order valence-electron chi connectivity index (χ0n) is 11.8. The van der Waals surface area contributed by atoms with Gasteiger partial charge in [-0.2, -0.15) is 0 Å². The van der Waals surface area contributed by atoms with Crippen LogP contribution in [-0.4, -0.2) is 55.5 Å². The molecule has 5 heteroatoms. The fourth-order valence-electron chi connectivity index (χ4n) is 2.14. The maximum absolute atomic E-state index is 12.0. The van der Waals surface area contributed by atoms with Crippen LogP contribution in [0.2, 0.25) is 5.02 Å². The van der Waals surface area contributed by atoms with Crippen molar-refractivity contribution in [1.82, 2.24) is 9.80 Å². The molecule has 1 saturated heterocycles. The maximum atomic E-state index is 12.0. The van der Waals surface area contributed by atoms with Crippen LogP contribution in [0.4, 0.5) is 0 Å². The fraction of sp³-hybridized carbons (Fsp3) is 0.533. The van der Waals surface area contributed by atoms with Gasteiger partial charge in [-0.05, 0) is 24.7 Å². The van der Waals surface area contributed by atoms with E-state index < -0.39 is 0 Å². The Kier molecular flexibility index (Phi) is 5.83. The van der Waals surface area contributed by atoms with Crippen LogP contribution < -0.4 is 0 Å². The van der Waals surface area contributed by atoms with Gasteiger partial charge >= 0.3 is 0 Å². The zero-order valence-corrected chi connectivity index (χ0v) is 12.6. The van der Waals surface area contributed by atoms with Crippen LogP contribution in [0.15, 0.2) is 24.3 Å². The number of nitrogens with zero attached hydrogens (tertiary/aromatic N) is 2. The van der Waals surface area contributed by atoms with Crippen molar-refractivity contribution < 1.29 is 9.53 Å². The van der Waals surface area contributed by atoms with Crippen LogP contribution in [0.3, 0.4) is 0 Å². The van der Waals surface area contributed by atoms with E-state index in [4.69, 9.17) is 16.3 Å². The number of benzene rings is 1. The minimum Gasteiger partial charge on any atom is -0.376 e. The van der Waals surface area contributed by atoms with E-state index in [1.807, 2.05) is 29.2 Å². The molecule has 1 aromatic rings. The fourth-order valence-corrected chi connectivity index (χ4v) is 2.27. The third-order valence-corrected chi connectivity index (χ3v) is 3.75. The minimum absolute atomic E-state index is 0.189. The number of halogens is 1. The number of piperazine rings is 1. The molecule has 0 aliphatic carbocycles. The van der Waals surface area contributed by atoms with Crippen molar-refractivity contribution in [3.63, 3.8) is 0 Å². The van der Waals surface area contributed by atoms with Crippen LogP contribution in [0.25, 0.3) is 0 Å². The second-order valence-electron chi connectivity index (χ2n) is 5.11. The molecular weight excluding hydrogens is 276 g/mol. The van der Waals surface area contributed by atoms with Gasteiger partial charge in [-0.25, -0.2) is 0 Å². The largest absolute Gasteiger partial charge is 0.376 e. The summed E-state index contributed by atoms with van der Waals surface area (Å²) in [5.74, 6) is 0.189. The molecular formula is C15H21ClN2O2. The van der Waals surface area contributed by atoms with Gasteiger partial charge in [-0.3, -0.25) is 4.79 Å². The summed E-state index contributed by atoms with van der Waals surface area (Å²) in [5.41, 5.74) is 1.07. The molecule has 1 amide bonds. The molecule has 1 aromatic carbocycles. The summed E-state index contributed by atoms with van der Waals surface area (Å²) in [7, 11) is 2.08. The molecule has 1 aliphatic heterocycles. The summed E-state index contributed by atoms with van der Waals surface area (Å²) in [6.45, 7) is 4.55. The Morgan fingerprint density at radius 1 is 1.20 bits per heavy atom. The van der Waals surface area contributed by atoms with Crippen LogP contribution in [0.5, 0.6) is 0 Å². The van der Waals surface area contributed by atoms with E-state index in [9.17, 15) is 4.79 Å². The van der Waals surface area contributed by atoms with Crippen molar-refractivity contribution in [3.05, 3.63) is 34.9 Å². The van der Waals surface area contributed by atoms with E-state index in [0.29, 0.717) is 19.6 Å². The second-order valence-corrected chi connectivity index (χ2v) is 5.55. The van der Waals surface area contributed by atoms with Gasteiger partial charge in [-0.15, -0.1) is 0 Å². The number of likely N-dealkylation sites (N-methyl/N-ethyl adjacent to an activating group) is 1. The van der Waals surface area contributed by atoms with Crippen molar-refractivity contribution in [3.8, 4) is 0 Å². The first-order chi connectivity index (χ1) is 9.65. The average Bonchev–Trinajstić information content (AvgIpc) is 2.46. The highest BCUT2D eigenvalue weighted by molar-refractivity contribution is 6.30. The Morgan fingerprint density at radius 3 is 2.50 bits per heavy atom. The van der Waals surface area contributed by atoms with Crippen molar-refractivity contribution in [1.29, 1.82) is 0 Å². The molecule has 0 aromatic heterocycles. The van der Waals surface area contributed by atoms with Gasteiger partial charge in [-0.1, -0.05) is 23.7 Å². The highest BCUT2D eigenvalue weighted by atomic mass is 35.5. The molecule has 2 rings (SSSR count). The lowest BCUT2D eigenvalue weighted by molar-refractivity contribution is -0.134. The third kappa shape index (κ3) is 4.78. The predicted octanol–water partition coefficient (Wildman–Crippen LogP) is 2.02. The van der Waals surface area contributed by atoms with E-state index in [0.717, 1.165) is 36.8 Å². The van der Waals surface area contributed by atoms with Crippen molar-refractivity contribution >= 4 is 17.5 Å². The van der Waals surface area contributed by atoms with Gasteiger partial charge in [0.1, 0.15) is 0 Å². The Labute approximate surface area is 125 Å². The molecule has 0 saturated carbocycles. The Hall–Kier alpha value is -1.10. The lowest BCUT2D eigenvalue weighted by atomic mass is 10.2. The number of amides is 1. The molecule has 20 heavy (non-hydrogen) atoms. The van der Waals surface area contributed by atoms with Gasteiger partial charge in [0.2, 0.25) is 5.91 Å². The van der Waals surface area contributed by atoms with Crippen molar-refractivity contribution in [2.45, 2.75) is 13.0 Å². The lowest BCUT2D eigenvalue weighted by Crippen LogP contribution is -2.47. The molecule has 4 nitrogen and oxygen atoms in total. The zero-order chi connectivity index (χ0) is 14.4. The van der Waals surface area contributed by atoms with Crippen LogP contribution in [0.1, 0.15) is 12.0 Å². The first kappa shape index (κ1) is 15.3. The number of carbonyl (C=O) groups is 1. The third-order valence-electron chi connectivity index (χ3n) is 3.50. The summed E-state index contributed by atoms with van der Waals surface area (Å²) in [6, 6.07) is 7.56. The molecule has 1 heterocycles. The van der Waals surface area contributed by atoms with Gasteiger partial charge in [0, 0.05) is 31.2 Å². The number of carbonyl (C=O) groups excluding carboxylic acids is 1. The lowest BCUT2D eigenvalue weighted by Gasteiger charge is -2.32. The SMILES string of the molecule is CN1CCN(C(=O)CCOCc2ccc(Cl)cc2)CC1. The van der Waals surface area contributed by atoms with Gasteiger partial charge in [0.05, 0.1) is 19.6 Å². The van der Waals surface area contributed by atoms with Gasteiger partial charge in [0.15, 0.2) is 0 Å². The molecule has 1 fully saturated rings. The topological polar surface area (TPSA) is 32.8 Å². The summed E-state index contributed by atoms with van der Waals surface area (Å²) >= 11 is 5.82. The summed E-state index contributed by atoms with van der Waals surface area (Å²) < 4.78 is 5.54. The molecule has 0 radical (unpaired) electrons. The first-order valence-corrected chi connectivity index (χ1v) is 7.31. The molecule has 0 N–H and O–H groups in total. The molecule has 0 bridgehead atoms. The maximum Gasteiger partial charge on any atom is 0.224 e. The first-order valence-electron chi connectivity index (χ1n) is 6.93. The van der Waals surface area contributed by atoms with Gasteiger partial charge < -0.3 is 14.5 Å². The highest BCUT2D eigenvalue weighted by Crippen LogP contribution is 2.10. The van der Waals surface area contributed by atoms with Crippen molar-refractivity contribution in [2.75, 3.05) is 39.8 Å². The standard InChI is InChI=1S/C15H21ClN2O2/c1-17-7-9-18(10-8-17)15(19)6-11-20-12-13-2-4-14(16)5-3-13/h2-5H,6-12H2,1H3. The van der Waals surface area contributed by atoms with E-state index in [1.165, 1.54) is 0 Å². The van der Waals surface area contributed by atoms with Gasteiger partial charge in [0.25, 0.3) is 0 Å². The van der Waals surface area contributed by atoms with E-state index in [2.05, 4.69) is 11.9 Å². The normalized spacial score (nSPS) is 16.4. The number of hydrogen-bond acceptors (Lipinski definition) is 3. The Morgan fingerprint density at radius 2 is 1.85 bits per heavy atom. The summed E-state index contributed by atoms with van der Waals surface area (Å²) in [6.07, 6.45) is 0.456. The average molecular weight is 297 g/mol. The number of rotatable bonds is 5. The van der Waals surface area contributed by atoms with E-state index >= 15 is 0 Å². The van der Waals surface area contributed by atoms with Crippen molar-refractivity contribution in [2.24, 2.45) is 0 Å². The van der Waals surface area contributed by atoms with Crippen LogP contribution >= 0.6 is 11.6 Å². The van der Waals surface area contributed by atoms with E-state index in [1.54, 1.807) is 0 Å². The smallest absolute Gasteiger partial charge is 0.224 e. The molecule has 0 unspecified atom stereocenters. The Bertz CT molecular complexity index is 428. The molecule has 0 spiro atoms. The predicted molar refractivity (Wildman–Crippen MR) is 79.8 cm³/mol. The summed E-state index contributed by atoms with van der Waals surface area (Å²) in [5, 5.41) is 0.721.